The molecule has 4 rings (SSSR count). The summed E-state index contributed by atoms with van der Waals surface area (Å²) in [6.45, 7) is 0. The first-order valence-corrected chi connectivity index (χ1v) is 8.59. The third-order valence-corrected chi connectivity index (χ3v) is 4.53. The smallest absolute Gasteiger partial charge is 0.356 e. The van der Waals surface area contributed by atoms with Crippen LogP contribution in [-0.2, 0) is 4.74 Å². The summed E-state index contributed by atoms with van der Waals surface area (Å²) in [6, 6.07) is 13.9. The van der Waals surface area contributed by atoms with Gasteiger partial charge in [0.2, 0.25) is 0 Å². The van der Waals surface area contributed by atoms with Crippen LogP contribution in [0.4, 0.5) is 0 Å². The van der Waals surface area contributed by atoms with E-state index in [1.54, 1.807) is 37.6 Å². The number of ether oxygens (including phenoxy) is 2. The third-order valence-electron chi connectivity index (χ3n) is 4.53. The molecule has 0 fully saturated rings. The molecule has 0 bridgehead atoms. The molecular formula is C21H18N2O5. The summed E-state index contributed by atoms with van der Waals surface area (Å²) in [6.07, 6.45) is 0.472. The van der Waals surface area contributed by atoms with Crippen molar-refractivity contribution >= 4 is 16.9 Å². The van der Waals surface area contributed by atoms with Crippen molar-refractivity contribution in [2.45, 2.75) is 6.10 Å². The van der Waals surface area contributed by atoms with E-state index in [0.29, 0.717) is 28.5 Å². The van der Waals surface area contributed by atoms with Gasteiger partial charge in [0.25, 0.3) is 0 Å². The van der Waals surface area contributed by atoms with E-state index in [-0.39, 0.29) is 5.69 Å². The second-order valence-electron chi connectivity index (χ2n) is 6.14. The molecule has 3 aromatic heterocycles. The number of aromatic nitrogens is 2. The summed E-state index contributed by atoms with van der Waals surface area (Å²) in [5.74, 6) is 0.698. The molecule has 1 atom stereocenters. The topological polar surface area (TPSA) is 97.6 Å². The van der Waals surface area contributed by atoms with Crippen molar-refractivity contribution in [1.82, 2.24) is 9.97 Å². The number of hydrogen-bond acceptors (Lipinski definition) is 6. The van der Waals surface area contributed by atoms with Gasteiger partial charge in [-0.15, -0.1) is 0 Å². The van der Waals surface area contributed by atoms with Gasteiger partial charge in [0.1, 0.15) is 23.3 Å². The third kappa shape index (κ3) is 3.01. The minimum atomic E-state index is -1.09. The molecule has 0 amide bonds. The Balaban J connectivity index is 1.89. The first-order chi connectivity index (χ1) is 13.6. The number of rotatable bonds is 5. The number of aliphatic hydroxyl groups excluding tert-OH is 1. The zero-order valence-corrected chi connectivity index (χ0v) is 15.3. The summed E-state index contributed by atoms with van der Waals surface area (Å²) in [4.78, 5) is 19.4. The maximum Gasteiger partial charge on any atom is 0.356 e. The minimum Gasteiger partial charge on any atom is -0.497 e. The van der Waals surface area contributed by atoms with Gasteiger partial charge >= 0.3 is 5.97 Å². The van der Waals surface area contributed by atoms with Crippen LogP contribution >= 0.6 is 0 Å². The molecule has 0 aliphatic heterocycles. The number of carbonyl (C=O) groups excluding carboxylic acids is 1. The van der Waals surface area contributed by atoms with Crippen molar-refractivity contribution in [1.29, 1.82) is 0 Å². The second-order valence-corrected chi connectivity index (χ2v) is 6.14. The summed E-state index contributed by atoms with van der Waals surface area (Å²) >= 11 is 0. The van der Waals surface area contributed by atoms with Gasteiger partial charge < -0.3 is 24.0 Å². The van der Waals surface area contributed by atoms with E-state index in [2.05, 4.69) is 9.97 Å². The van der Waals surface area contributed by atoms with Crippen molar-refractivity contribution in [3.63, 3.8) is 0 Å². The van der Waals surface area contributed by atoms with E-state index in [1.807, 2.05) is 18.2 Å². The lowest BCUT2D eigenvalue weighted by Crippen LogP contribution is -2.09. The van der Waals surface area contributed by atoms with E-state index < -0.39 is 12.1 Å². The number of carbonyl (C=O) groups is 1. The second kappa shape index (κ2) is 7.21. The van der Waals surface area contributed by atoms with Gasteiger partial charge in [-0.2, -0.15) is 0 Å². The molecule has 0 saturated heterocycles. The van der Waals surface area contributed by atoms with E-state index in [4.69, 9.17) is 13.9 Å². The van der Waals surface area contributed by atoms with E-state index in [9.17, 15) is 9.90 Å². The van der Waals surface area contributed by atoms with Crippen molar-refractivity contribution < 1.29 is 23.8 Å². The van der Waals surface area contributed by atoms with Crippen molar-refractivity contribution in [2.24, 2.45) is 0 Å². The average Bonchev–Trinajstić information content (AvgIpc) is 3.39. The Hall–Kier alpha value is -3.58. The van der Waals surface area contributed by atoms with Crippen molar-refractivity contribution in [2.75, 3.05) is 14.2 Å². The molecule has 28 heavy (non-hydrogen) atoms. The molecule has 0 aliphatic rings. The number of aliphatic hydroxyl groups is 1. The average molecular weight is 378 g/mol. The van der Waals surface area contributed by atoms with Gasteiger partial charge in [0.15, 0.2) is 0 Å². The Labute approximate surface area is 160 Å². The Kier molecular flexibility index (Phi) is 4.58. The molecule has 2 N–H and O–H groups in total. The first-order valence-electron chi connectivity index (χ1n) is 8.59. The molecule has 4 aromatic rings. The van der Waals surface area contributed by atoms with E-state index >= 15 is 0 Å². The number of benzene rings is 1. The maximum absolute atomic E-state index is 11.8. The normalized spacial score (nSPS) is 12.1. The zero-order valence-electron chi connectivity index (χ0n) is 15.3. The fourth-order valence-electron chi connectivity index (χ4n) is 3.19. The molecule has 0 spiro atoms. The fraction of sp³-hybridized carbons (Fsp3) is 0.143. The maximum atomic E-state index is 11.8. The number of methoxy groups -OCH3 is 2. The van der Waals surface area contributed by atoms with Crippen LogP contribution in [0.5, 0.6) is 5.75 Å². The molecule has 3 heterocycles. The molecule has 0 saturated carbocycles. The van der Waals surface area contributed by atoms with Gasteiger partial charge in [-0.25, -0.2) is 9.78 Å². The highest BCUT2D eigenvalue weighted by molar-refractivity contribution is 5.92. The number of nitrogens with one attached hydrogen (secondary N) is 1. The summed E-state index contributed by atoms with van der Waals surface area (Å²) in [5, 5.41) is 12.0. The number of esters is 1. The molecular weight excluding hydrogens is 360 g/mol. The van der Waals surface area contributed by atoms with E-state index in [1.165, 1.54) is 13.2 Å². The van der Waals surface area contributed by atoms with Crippen LogP contribution in [-0.4, -0.2) is 35.3 Å². The summed E-state index contributed by atoms with van der Waals surface area (Å²) in [7, 11) is 2.88. The fourth-order valence-corrected chi connectivity index (χ4v) is 3.19. The highest BCUT2D eigenvalue weighted by Crippen LogP contribution is 2.38. The largest absolute Gasteiger partial charge is 0.497 e. The van der Waals surface area contributed by atoms with Crippen molar-refractivity contribution in [3.05, 3.63) is 71.7 Å². The molecule has 0 aliphatic carbocycles. The van der Waals surface area contributed by atoms with Crippen LogP contribution in [0.2, 0.25) is 0 Å². The van der Waals surface area contributed by atoms with Crippen LogP contribution in [0.1, 0.15) is 27.8 Å². The SMILES string of the molecule is COC(=O)c1cccc(C(O)c2c(-c3ccco3)[nH]c3cc(OC)ccc23)n1. The Morgan fingerprint density at radius 3 is 2.75 bits per heavy atom. The van der Waals surface area contributed by atoms with Crippen LogP contribution in [0.25, 0.3) is 22.4 Å². The molecule has 142 valence electrons. The van der Waals surface area contributed by atoms with Crippen LogP contribution in [0.3, 0.4) is 0 Å². The predicted molar refractivity (Wildman–Crippen MR) is 102 cm³/mol. The summed E-state index contributed by atoms with van der Waals surface area (Å²) in [5.41, 5.74) is 2.46. The molecule has 7 heteroatoms. The number of H-pyrrole nitrogens is 1. The first kappa shape index (κ1) is 17.8. The number of nitrogens with zero attached hydrogens (tertiary/aromatic N) is 1. The monoisotopic (exact) mass is 378 g/mol. The Morgan fingerprint density at radius 1 is 1.18 bits per heavy atom. The van der Waals surface area contributed by atoms with Gasteiger partial charge in [-0.05, 0) is 36.4 Å². The zero-order chi connectivity index (χ0) is 19.7. The molecule has 7 nitrogen and oxygen atoms in total. The van der Waals surface area contributed by atoms with Gasteiger partial charge in [0.05, 0.1) is 37.4 Å². The lowest BCUT2D eigenvalue weighted by atomic mass is 10.0. The molecule has 1 unspecified atom stereocenters. The van der Waals surface area contributed by atoms with Gasteiger partial charge in [-0.3, -0.25) is 0 Å². The number of aromatic amines is 1. The lowest BCUT2D eigenvalue weighted by Gasteiger charge is -2.12. The number of furan rings is 1. The van der Waals surface area contributed by atoms with Gasteiger partial charge in [-0.1, -0.05) is 6.07 Å². The standard InChI is InChI=1S/C21H18N2O5/c1-26-12-8-9-13-16(11-12)23-19(17-7-4-10-28-17)18(13)20(24)14-5-3-6-15(22-14)21(25)27-2/h3-11,20,23-24H,1-2H3. The number of hydrogen-bond donors (Lipinski definition) is 2. The van der Waals surface area contributed by atoms with E-state index in [0.717, 1.165) is 10.9 Å². The van der Waals surface area contributed by atoms with Crippen LogP contribution in [0.15, 0.2) is 59.2 Å². The Morgan fingerprint density at radius 2 is 2.04 bits per heavy atom. The summed E-state index contributed by atoms with van der Waals surface area (Å²) < 4.78 is 15.6. The number of pyridine rings is 1. The van der Waals surface area contributed by atoms with Crippen LogP contribution < -0.4 is 4.74 Å². The molecule has 1 aromatic carbocycles. The highest BCUT2D eigenvalue weighted by atomic mass is 16.5. The highest BCUT2D eigenvalue weighted by Gasteiger charge is 2.24. The van der Waals surface area contributed by atoms with Crippen LogP contribution in [0, 0.1) is 0 Å². The minimum absolute atomic E-state index is 0.125. The Bertz CT molecular complexity index is 1130. The quantitative estimate of drug-likeness (QED) is 0.514. The van der Waals surface area contributed by atoms with Gasteiger partial charge in [0, 0.05) is 17.0 Å². The number of fused-ring (bicyclic) bond motifs is 1. The van der Waals surface area contributed by atoms with Crippen molar-refractivity contribution in [3.8, 4) is 17.2 Å². The predicted octanol–water partition coefficient (Wildman–Crippen LogP) is 3.70. The lowest BCUT2D eigenvalue weighted by molar-refractivity contribution is 0.0593. The molecule has 0 radical (unpaired) electrons.